The molecule has 9 heteroatoms. The highest BCUT2D eigenvalue weighted by atomic mass is 127. The van der Waals surface area contributed by atoms with Gasteiger partial charge in [0.25, 0.3) is 0 Å². The van der Waals surface area contributed by atoms with Crippen LogP contribution in [0.4, 0.5) is 8.78 Å². The van der Waals surface area contributed by atoms with Gasteiger partial charge in [0.05, 0.1) is 5.01 Å². The molecule has 2 rings (SSSR count). The SMILES string of the molecule is CN=C(NCCCCc1nc(C)cs1)NCc1ccccc1OC(F)F.I. The van der Waals surface area contributed by atoms with Crippen LogP contribution in [-0.2, 0) is 13.0 Å². The Balaban J connectivity index is 0.00000364. The molecule has 0 aliphatic carbocycles. The van der Waals surface area contributed by atoms with E-state index >= 15 is 0 Å². The minimum absolute atomic E-state index is 0. The molecule has 0 radical (unpaired) electrons. The molecule has 1 aromatic carbocycles. The van der Waals surface area contributed by atoms with Crippen LogP contribution in [0.25, 0.3) is 0 Å². The quantitative estimate of drug-likeness (QED) is 0.228. The first-order valence-corrected chi connectivity index (χ1v) is 9.34. The summed E-state index contributed by atoms with van der Waals surface area (Å²) >= 11 is 1.70. The van der Waals surface area contributed by atoms with Crippen LogP contribution < -0.4 is 15.4 Å². The number of aromatic nitrogens is 1. The number of alkyl halides is 2. The lowest BCUT2D eigenvalue weighted by molar-refractivity contribution is -0.0504. The largest absolute Gasteiger partial charge is 0.434 e. The number of hydrogen-bond acceptors (Lipinski definition) is 4. The average molecular weight is 510 g/mol. The predicted octanol–water partition coefficient (Wildman–Crippen LogP) is 4.36. The summed E-state index contributed by atoms with van der Waals surface area (Å²) in [6, 6.07) is 6.72. The molecule has 0 aliphatic rings. The molecule has 5 nitrogen and oxygen atoms in total. The zero-order valence-corrected chi connectivity index (χ0v) is 18.5. The molecular formula is C18H25F2IN4OS. The summed E-state index contributed by atoms with van der Waals surface area (Å²) in [7, 11) is 1.68. The number of guanidine groups is 1. The molecule has 0 aliphatic heterocycles. The van der Waals surface area contributed by atoms with E-state index in [0.717, 1.165) is 31.5 Å². The number of halogens is 3. The number of para-hydroxylation sites is 1. The lowest BCUT2D eigenvalue weighted by Gasteiger charge is -2.14. The normalized spacial score (nSPS) is 11.2. The number of ether oxygens (including phenoxy) is 1. The average Bonchev–Trinajstić information content (AvgIpc) is 3.03. The van der Waals surface area contributed by atoms with Gasteiger partial charge in [-0.2, -0.15) is 8.78 Å². The zero-order chi connectivity index (χ0) is 18.8. The number of nitrogens with zero attached hydrogens (tertiary/aromatic N) is 2. The van der Waals surface area contributed by atoms with Crippen molar-refractivity contribution in [1.82, 2.24) is 15.6 Å². The Bertz CT molecular complexity index is 712. The molecular weight excluding hydrogens is 485 g/mol. The maximum atomic E-state index is 12.4. The Hall–Kier alpha value is -1.49. The number of aliphatic imine (C=N–C) groups is 1. The van der Waals surface area contributed by atoms with Crippen LogP contribution in [0.5, 0.6) is 5.75 Å². The number of benzene rings is 1. The maximum absolute atomic E-state index is 12.4. The van der Waals surface area contributed by atoms with E-state index in [0.29, 0.717) is 18.1 Å². The maximum Gasteiger partial charge on any atom is 0.387 e. The fourth-order valence-electron chi connectivity index (χ4n) is 2.39. The van der Waals surface area contributed by atoms with Crippen LogP contribution in [0.15, 0.2) is 34.6 Å². The topological polar surface area (TPSA) is 58.5 Å². The van der Waals surface area contributed by atoms with Crippen molar-refractivity contribution in [3.05, 3.63) is 45.9 Å². The number of thiazole rings is 1. The van der Waals surface area contributed by atoms with Crippen molar-refractivity contribution >= 4 is 41.3 Å². The van der Waals surface area contributed by atoms with Crippen LogP contribution >= 0.6 is 35.3 Å². The molecule has 0 unspecified atom stereocenters. The number of hydrogen-bond donors (Lipinski definition) is 2. The molecule has 1 aromatic heterocycles. The molecule has 0 saturated heterocycles. The van der Waals surface area contributed by atoms with Gasteiger partial charge in [0.2, 0.25) is 0 Å². The van der Waals surface area contributed by atoms with Crippen molar-refractivity contribution in [2.24, 2.45) is 4.99 Å². The Labute approximate surface area is 179 Å². The summed E-state index contributed by atoms with van der Waals surface area (Å²) in [5.41, 5.74) is 1.72. The van der Waals surface area contributed by atoms with Crippen LogP contribution in [-0.4, -0.2) is 31.1 Å². The van der Waals surface area contributed by atoms with Gasteiger partial charge < -0.3 is 15.4 Å². The first-order chi connectivity index (χ1) is 12.6. The summed E-state index contributed by atoms with van der Waals surface area (Å²) in [4.78, 5) is 8.60. The first kappa shape index (κ1) is 23.5. The Morgan fingerprint density at radius 1 is 1.26 bits per heavy atom. The van der Waals surface area contributed by atoms with Crippen molar-refractivity contribution in [2.75, 3.05) is 13.6 Å². The molecule has 2 N–H and O–H groups in total. The van der Waals surface area contributed by atoms with Gasteiger partial charge >= 0.3 is 6.61 Å². The third kappa shape index (κ3) is 8.83. The number of nitrogens with one attached hydrogen (secondary N) is 2. The van der Waals surface area contributed by atoms with Crippen molar-refractivity contribution in [3.63, 3.8) is 0 Å². The standard InChI is InChI=1S/C18H24F2N4OS.HI/c1-13-12-26-16(24-13)9-5-6-10-22-18(21-2)23-11-14-7-3-4-8-15(14)25-17(19)20;/h3-4,7-8,12,17H,5-6,9-11H2,1-2H3,(H2,21,22,23);1H. The van der Waals surface area contributed by atoms with Crippen LogP contribution in [0.1, 0.15) is 29.1 Å². The van der Waals surface area contributed by atoms with Crippen LogP contribution in [0.2, 0.25) is 0 Å². The Kier molecular flexibility index (Phi) is 11.2. The number of unbranched alkanes of at least 4 members (excludes halogenated alkanes) is 1. The highest BCUT2D eigenvalue weighted by molar-refractivity contribution is 14.0. The van der Waals surface area contributed by atoms with E-state index in [4.69, 9.17) is 0 Å². The van der Waals surface area contributed by atoms with E-state index in [1.807, 2.05) is 6.92 Å². The summed E-state index contributed by atoms with van der Waals surface area (Å²) in [5.74, 6) is 0.797. The predicted molar refractivity (Wildman–Crippen MR) is 116 cm³/mol. The van der Waals surface area contributed by atoms with E-state index < -0.39 is 6.61 Å². The van der Waals surface area contributed by atoms with Gasteiger partial charge in [0, 0.05) is 36.8 Å². The van der Waals surface area contributed by atoms with Crippen LogP contribution in [0.3, 0.4) is 0 Å². The monoisotopic (exact) mass is 510 g/mol. The lowest BCUT2D eigenvalue weighted by atomic mass is 10.2. The van der Waals surface area contributed by atoms with E-state index in [9.17, 15) is 8.78 Å². The Morgan fingerprint density at radius 3 is 2.70 bits per heavy atom. The van der Waals surface area contributed by atoms with Gasteiger partial charge in [0.15, 0.2) is 5.96 Å². The molecule has 0 bridgehead atoms. The second-order valence-electron chi connectivity index (χ2n) is 5.68. The molecule has 0 atom stereocenters. The second kappa shape index (κ2) is 12.8. The van der Waals surface area contributed by atoms with Crippen molar-refractivity contribution < 1.29 is 13.5 Å². The van der Waals surface area contributed by atoms with Crippen molar-refractivity contribution in [3.8, 4) is 5.75 Å². The van der Waals surface area contributed by atoms with E-state index in [1.54, 1.807) is 36.6 Å². The molecule has 1 heterocycles. The number of rotatable bonds is 9. The summed E-state index contributed by atoms with van der Waals surface area (Å²) in [5, 5.41) is 9.57. The van der Waals surface area contributed by atoms with Crippen LogP contribution in [0, 0.1) is 6.92 Å². The van der Waals surface area contributed by atoms with Gasteiger partial charge in [-0.05, 0) is 32.3 Å². The smallest absolute Gasteiger partial charge is 0.387 e. The molecule has 0 fully saturated rings. The molecule has 0 amide bonds. The van der Waals surface area contributed by atoms with Crippen molar-refractivity contribution in [1.29, 1.82) is 0 Å². The Morgan fingerprint density at radius 2 is 2.04 bits per heavy atom. The van der Waals surface area contributed by atoms with E-state index in [2.05, 4.69) is 30.7 Å². The fraction of sp³-hybridized carbons (Fsp3) is 0.444. The minimum atomic E-state index is -2.84. The van der Waals surface area contributed by atoms with E-state index in [-0.39, 0.29) is 29.7 Å². The van der Waals surface area contributed by atoms with Gasteiger partial charge in [-0.1, -0.05) is 18.2 Å². The lowest BCUT2D eigenvalue weighted by Crippen LogP contribution is -2.37. The third-order valence-electron chi connectivity index (χ3n) is 3.63. The highest BCUT2D eigenvalue weighted by Gasteiger charge is 2.09. The van der Waals surface area contributed by atoms with Gasteiger partial charge in [0.1, 0.15) is 5.75 Å². The van der Waals surface area contributed by atoms with Gasteiger partial charge in [-0.15, -0.1) is 35.3 Å². The van der Waals surface area contributed by atoms with E-state index in [1.165, 1.54) is 11.1 Å². The molecule has 2 aromatic rings. The van der Waals surface area contributed by atoms with Crippen molar-refractivity contribution in [2.45, 2.75) is 39.3 Å². The highest BCUT2D eigenvalue weighted by Crippen LogP contribution is 2.19. The third-order valence-corrected chi connectivity index (χ3v) is 4.66. The first-order valence-electron chi connectivity index (χ1n) is 8.46. The zero-order valence-electron chi connectivity index (χ0n) is 15.4. The molecule has 27 heavy (non-hydrogen) atoms. The summed E-state index contributed by atoms with van der Waals surface area (Å²) in [6.07, 6.45) is 3.01. The molecule has 150 valence electrons. The second-order valence-corrected chi connectivity index (χ2v) is 6.62. The van der Waals surface area contributed by atoms with Gasteiger partial charge in [-0.25, -0.2) is 4.98 Å². The summed E-state index contributed by atoms with van der Waals surface area (Å²) in [6.45, 7) is 0.289. The molecule has 0 saturated carbocycles. The minimum Gasteiger partial charge on any atom is -0.434 e. The number of aryl methyl sites for hydroxylation is 2. The fourth-order valence-corrected chi connectivity index (χ4v) is 3.20. The molecule has 0 spiro atoms. The summed E-state index contributed by atoms with van der Waals surface area (Å²) < 4.78 is 29.4. The van der Waals surface area contributed by atoms with Gasteiger partial charge in [-0.3, -0.25) is 4.99 Å².